The van der Waals surface area contributed by atoms with Crippen molar-refractivity contribution in [3.8, 4) is 0 Å². The lowest BCUT2D eigenvalue weighted by Crippen LogP contribution is -2.20. The third kappa shape index (κ3) is 4.95. The van der Waals surface area contributed by atoms with Gasteiger partial charge >= 0.3 is 0 Å². The minimum Gasteiger partial charge on any atom is -0.316 e. The molecule has 1 aromatic heterocycles. The summed E-state index contributed by atoms with van der Waals surface area (Å²) in [6, 6.07) is 4.40. The van der Waals surface area contributed by atoms with Crippen molar-refractivity contribution in [2.45, 2.75) is 34.1 Å². The van der Waals surface area contributed by atoms with Gasteiger partial charge in [-0.1, -0.05) is 19.9 Å². The van der Waals surface area contributed by atoms with E-state index in [9.17, 15) is 0 Å². The zero-order valence-corrected chi connectivity index (χ0v) is 11.7. The van der Waals surface area contributed by atoms with Crippen LogP contribution in [0.3, 0.4) is 0 Å². The number of nitrogens with one attached hydrogen (secondary N) is 1. The monoisotopic (exact) mass is 237 g/mol. The van der Waals surface area contributed by atoms with Crippen LogP contribution in [-0.4, -0.2) is 13.1 Å². The van der Waals surface area contributed by atoms with Gasteiger partial charge in [0, 0.05) is 9.75 Å². The maximum Gasteiger partial charge on any atom is 0.0299 e. The van der Waals surface area contributed by atoms with Crippen LogP contribution in [0.4, 0.5) is 0 Å². The average Bonchev–Trinajstić information content (AvgIpc) is 2.63. The van der Waals surface area contributed by atoms with Crippen LogP contribution in [0, 0.1) is 12.8 Å². The van der Waals surface area contributed by atoms with Crippen LogP contribution >= 0.6 is 11.3 Å². The van der Waals surface area contributed by atoms with Crippen molar-refractivity contribution >= 4 is 16.9 Å². The molecular formula is C14H23NS. The highest BCUT2D eigenvalue weighted by Crippen LogP contribution is 2.23. The smallest absolute Gasteiger partial charge is 0.0299 e. The molecule has 0 aromatic carbocycles. The van der Waals surface area contributed by atoms with Gasteiger partial charge in [-0.05, 0) is 57.0 Å². The molecule has 16 heavy (non-hydrogen) atoms. The van der Waals surface area contributed by atoms with E-state index in [0.29, 0.717) is 0 Å². The number of thiophene rings is 1. The molecule has 0 spiro atoms. The van der Waals surface area contributed by atoms with Crippen LogP contribution in [-0.2, 0) is 0 Å². The Balaban J connectivity index is 2.29. The molecule has 1 heterocycles. The van der Waals surface area contributed by atoms with E-state index < -0.39 is 0 Å². The molecule has 0 atom stereocenters. The molecule has 1 aromatic rings. The van der Waals surface area contributed by atoms with Crippen LogP contribution in [0.15, 0.2) is 18.2 Å². The Morgan fingerprint density at radius 3 is 2.75 bits per heavy atom. The van der Waals surface area contributed by atoms with Crippen LogP contribution in [0.2, 0.25) is 0 Å². The lowest BCUT2D eigenvalue weighted by atomic mass is 10.2. The molecule has 2 heteroatoms. The summed E-state index contributed by atoms with van der Waals surface area (Å²) >= 11 is 1.88. The molecule has 0 aliphatic carbocycles. The van der Waals surface area contributed by atoms with Crippen molar-refractivity contribution in [3.63, 3.8) is 0 Å². The van der Waals surface area contributed by atoms with Crippen molar-refractivity contribution in [1.82, 2.24) is 5.32 Å². The molecule has 0 unspecified atom stereocenters. The fourth-order valence-corrected chi connectivity index (χ4v) is 2.39. The molecule has 0 radical (unpaired) electrons. The fraction of sp³-hybridized carbons (Fsp3) is 0.571. The van der Waals surface area contributed by atoms with Gasteiger partial charge < -0.3 is 5.32 Å². The molecular weight excluding hydrogens is 214 g/mol. The van der Waals surface area contributed by atoms with Gasteiger partial charge in [-0.3, -0.25) is 0 Å². The SMILES string of the molecule is CC(=CCCNCC(C)C)c1ccc(C)s1. The van der Waals surface area contributed by atoms with E-state index in [2.05, 4.69) is 51.2 Å². The lowest BCUT2D eigenvalue weighted by molar-refractivity contribution is 0.557. The van der Waals surface area contributed by atoms with Crippen molar-refractivity contribution < 1.29 is 0 Å². The summed E-state index contributed by atoms with van der Waals surface area (Å²) in [4.78, 5) is 2.79. The Bertz CT molecular complexity index is 336. The molecule has 0 aliphatic heterocycles. The highest BCUT2D eigenvalue weighted by atomic mass is 32.1. The van der Waals surface area contributed by atoms with Gasteiger partial charge in [0.15, 0.2) is 0 Å². The average molecular weight is 237 g/mol. The molecule has 0 saturated heterocycles. The highest BCUT2D eigenvalue weighted by Gasteiger charge is 1.98. The molecule has 1 rings (SSSR count). The quantitative estimate of drug-likeness (QED) is 0.735. The molecule has 0 aliphatic rings. The first kappa shape index (κ1) is 13.5. The molecule has 90 valence electrons. The summed E-state index contributed by atoms with van der Waals surface area (Å²) in [6.45, 7) is 11.0. The van der Waals surface area contributed by atoms with Gasteiger partial charge in [0.05, 0.1) is 0 Å². The van der Waals surface area contributed by atoms with Gasteiger partial charge in [-0.15, -0.1) is 11.3 Å². The normalized spacial score (nSPS) is 12.4. The van der Waals surface area contributed by atoms with E-state index in [1.807, 2.05) is 11.3 Å². The molecule has 0 saturated carbocycles. The van der Waals surface area contributed by atoms with Crippen LogP contribution in [0.1, 0.15) is 36.9 Å². The zero-order valence-electron chi connectivity index (χ0n) is 10.8. The van der Waals surface area contributed by atoms with Crippen molar-refractivity contribution in [2.75, 3.05) is 13.1 Å². The van der Waals surface area contributed by atoms with E-state index in [1.54, 1.807) is 0 Å². The first-order valence-corrected chi connectivity index (χ1v) is 6.85. The summed E-state index contributed by atoms with van der Waals surface area (Å²) in [5, 5.41) is 3.46. The fourth-order valence-electron chi connectivity index (χ4n) is 1.53. The number of hydrogen-bond donors (Lipinski definition) is 1. The summed E-state index contributed by atoms with van der Waals surface area (Å²) in [7, 11) is 0. The van der Waals surface area contributed by atoms with Crippen molar-refractivity contribution in [3.05, 3.63) is 28.0 Å². The number of allylic oxidation sites excluding steroid dienone is 1. The van der Waals surface area contributed by atoms with Gasteiger partial charge in [0.1, 0.15) is 0 Å². The Labute approximate surface area is 104 Å². The van der Waals surface area contributed by atoms with E-state index in [1.165, 1.54) is 15.3 Å². The second kappa shape index (κ2) is 6.87. The Morgan fingerprint density at radius 1 is 1.44 bits per heavy atom. The van der Waals surface area contributed by atoms with E-state index in [-0.39, 0.29) is 0 Å². The van der Waals surface area contributed by atoms with Crippen LogP contribution in [0.5, 0.6) is 0 Å². The van der Waals surface area contributed by atoms with Crippen molar-refractivity contribution in [2.24, 2.45) is 5.92 Å². The van der Waals surface area contributed by atoms with Crippen molar-refractivity contribution in [1.29, 1.82) is 0 Å². The van der Waals surface area contributed by atoms with E-state index >= 15 is 0 Å². The highest BCUT2D eigenvalue weighted by molar-refractivity contribution is 7.13. The minimum absolute atomic E-state index is 0.741. The summed E-state index contributed by atoms with van der Waals surface area (Å²) in [5.74, 6) is 0.741. The van der Waals surface area contributed by atoms with Gasteiger partial charge in [0.2, 0.25) is 0 Å². The standard InChI is InChI=1S/C14H23NS/c1-11(2)10-15-9-5-6-12(3)14-8-7-13(4)16-14/h6-8,11,15H,5,9-10H2,1-4H3. The first-order chi connectivity index (χ1) is 7.59. The van der Waals surface area contributed by atoms with Gasteiger partial charge in [-0.2, -0.15) is 0 Å². The first-order valence-electron chi connectivity index (χ1n) is 6.04. The zero-order chi connectivity index (χ0) is 12.0. The molecule has 1 N–H and O–H groups in total. The van der Waals surface area contributed by atoms with Crippen LogP contribution in [0.25, 0.3) is 5.57 Å². The minimum atomic E-state index is 0.741. The second-order valence-electron chi connectivity index (χ2n) is 4.68. The number of aryl methyl sites for hydroxylation is 1. The van der Waals surface area contributed by atoms with E-state index in [0.717, 1.165) is 25.4 Å². The largest absolute Gasteiger partial charge is 0.316 e. The Hall–Kier alpha value is -0.600. The predicted octanol–water partition coefficient (Wildman–Crippen LogP) is 4.10. The Morgan fingerprint density at radius 2 is 2.19 bits per heavy atom. The third-order valence-corrected chi connectivity index (χ3v) is 3.59. The summed E-state index contributed by atoms with van der Waals surface area (Å²) < 4.78 is 0. The Kier molecular flexibility index (Phi) is 5.78. The van der Waals surface area contributed by atoms with Crippen LogP contribution < -0.4 is 5.32 Å². The number of rotatable bonds is 6. The molecule has 1 nitrogen and oxygen atoms in total. The van der Waals surface area contributed by atoms with Gasteiger partial charge in [0.25, 0.3) is 0 Å². The molecule has 0 bridgehead atoms. The molecule has 0 amide bonds. The summed E-state index contributed by atoms with van der Waals surface area (Å²) in [5.41, 5.74) is 1.41. The maximum absolute atomic E-state index is 3.46. The topological polar surface area (TPSA) is 12.0 Å². The summed E-state index contributed by atoms with van der Waals surface area (Å²) in [6.07, 6.45) is 3.45. The third-order valence-electron chi connectivity index (χ3n) is 2.45. The predicted molar refractivity (Wildman–Crippen MR) is 75.0 cm³/mol. The number of hydrogen-bond acceptors (Lipinski definition) is 2. The molecule has 0 fully saturated rings. The van der Waals surface area contributed by atoms with E-state index in [4.69, 9.17) is 0 Å². The second-order valence-corrected chi connectivity index (χ2v) is 5.97. The lowest BCUT2D eigenvalue weighted by Gasteiger charge is -2.05. The van der Waals surface area contributed by atoms with Gasteiger partial charge in [-0.25, -0.2) is 0 Å². The maximum atomic E-state index is 3.46.